The monoisotopic (exact) mass is 384 g/mol. The summed E-state index contributed by atoms with van der Waals surface area (Å²) in [5.74, 6) is -1.04. The fourth-order valence-electron chi connectivity index (χ4n) is 2.52. The first-order valence-electron chi connectivity index (χ1n) is 8.03. The van der Waals surface area contributed by atoms with Crippen molar-refractivity contribution in [3.8, 4) is 11.3 Å². The van der Waals surface area contributed by atoms with Gasteiger partial charge in [-0.25, -0.2) is 0 Å². The standard InChI is InChI=1S/C19H16N2O3S2/c22-17(23)5-3-11-21-18(24)16(26-19(21)25)12-13-6-8-14(9-7-13)15-4-1-2-10-20-15/h1-2,4,6-10,12H,3,5,11H2,(H,22,23). The summed E-state index contributed by atoms with van der Waals surface area (Å²) in [6.45, 7) is 0.326. The van der Waals surface area contributed by atoms with Gasteiger partial charge >= 0.3 is 5.97 Å². The van der Waals surface area contributed by atoms with Gasteiger partial charge in [0.2, 0.25) is 0 Å². The van der Waals surface area contributed by atoms with E-state index in [0.29, 0.717) is 22.2 Å². The van der Waals surface area contributed by atoms with Gasteiger partial charge in [0.25, 0.3) is 5.91 Å². The zero-order valence-electron chi connectivity index (χ0n) is 13.8. The van der Waals surface area contributed by atoms with Gasteiger partial charge in [0.05, 0.1) is 10.6 Å². The minimum absolute atomic E-state index is 0.0189. The molecule has 0 atom stereocenters. The van der Waals surface area contributed by atoms with Crippen LogP contribution in [-0.4, -0.2) is 37.7 Å². The number of pyridine rings is 1. The van der Waals surface area contributed by atoms with Gasteiger partial charge in [-0.05, 0) is 30.2 Å². The second-order valence-electron chi connectivity index (χ2n) is 5.67. The van der Waals surface area contributed by atoms with Crippen LogP contribution in [0.25, 0.3) is 17.3 Å². The number of benzene rings is 1. The molecule has 7 heteroatoms. The van der Waals surface area contributed by atoms with Crippen LogP contribution in [0.3, 0.4) is 0 Å². The Morgan fingerprint density at radius 3 is 2.65 bits per heavy atom. The molecule has 1 N–H and O–H groups in total. The van der Waals surface area contributed by atoms with Crippen molar-refractivity contribution < 1.29 is 14.7 Å². The van der Waals surface area contributed by atoms with E-state index in [1.165, 1.54) is 16.7 Å². The summed E-state index contributed by atoms with van der Waals surface area (Å²) in [6.07, 6.45) is 3.95. The number of aromatic nitrogens is 1. The lowest BCUT2D eigenvalue weighted by Gasteiger charge is -2.13. The van der Waals surface area contributed by atoms with Crippen molar-refractivity contribution in [3.05, 3.63) is 59.1 Å². The van der Waals surface area contributed by atoms with E-state index in [-0.39, 0.29) is 12.3 Å². The number of aliphatic carboxylic acids is 1. The molecule has 1 aromatic heterocycles. The summed E-state index contributed by atoms with van der Waals surface area (Å²) in [5, 5.41) is 8.71. The SMILES string of the molecule is O=C(O)CCCN1C(=O)C(=Cc2ccc(-c3ccccn3)cc2)SC1=S. The number of thiocarbonyl (C=S) groups is 1. The van der Waals surface area contributed by atoms with Crippen LogP contribution in [0.2, 0.25) is 0 Å². The fraction of sp³-hybridized carbons (Fsp3) is 0.158. The lowest BCUT2D eigenvalue weighted by molar-refractivity contribution is -0.137. The average Bonchev–Trinajstić information content (AvgIpc) is 2.90. The normalized spacial score (nSPS) is 15.7. The van der Waals surface area contributed by atoms with Crippen LogP contribution >= 0.6 is 24.0 Å². The van der Waals surface area contributed by atoms with E-state index in [4.69, 9.17) is 17.3 Å². The van der Waals surface area contributed by atoms with Gasteiger partial charge in [0.15, 0.2) is 0 Å². The Morgan fingerprint density at radius 1 is 1.23 bits per heavy atom. The van der Waals surface area contributed by atoms with Crippen LogP contribution in [0.1, 0.15) is 18.4 Å². The summed E-state index contributed by atoms with van der Waals surface area (Å²) in [5.41, 5.74) is 2.79. The summed E-state index contributed by atoms with van der Waals surface area (Å²) in [4.78, 5) is 29.4. The van der Waals surface area contributed by atoms with Crippen LogP contribution in [-0.2, 0) is 9.59 Å². The maximum absolute atomic E-state index is 12.5. The van der Waals surface area contributed by atoms with Crippen LogP contribution in [0.4, 0.5) is 0 Å². The largest absolute Gasteiger partial charge is 0.481 e. The molecule has 1 amide bonds. The molecule has 1 aromatic carbocycles. The van der Waals surface area contributed by atoms with Gasteiger partial charge in [-0.2, -0.15) is 0 Å². The van der Waals surface area contributed by atoms with Crippen LogP contribution in [0, 0.1) is 0 Å². The summed E-state index contributed by atoms with van der Waals surface area (Å²) in [6, 6.07) is 13.5. The van der Waals surface area contributed by atoms with E-state index < -0.39 is 5.97 Å². The minimum Gasteiger partial charge on any atom is -0.481 e. The lowest BCUT2D eigenvalue weighted by atomic mass is 10.1. The van der Waals surface area contributed by atoms with Gasteiger partial charge in [-0.15, -0.1) is 0 Å². The first-order chi connectivity index (χ1) is 12.5. The molecule has 26 heavy (non-hydrogen) atoms. The Morgan fingerprint density at radius 2 is 2.00 bits per heavy atom. The number of thioether (sulfide) groups is 1. The topological polar surface area (TPSA) is 70.5 Å². The van der Waals surface area contributed by atoms with Crippen molar-refractivity contribution in [2.75, 3.05) is 6.54 Å². The van der Waals surface area contributed by atoms with Crippen LogP contribution in [0.5, 0.6) is 0 Å². The molecule has 0 saturated carbocycles. The van der Waals surface area contributed by atoms with Crippen molar-refractivity contribution in [1.29, 1.82) is 0 Å². The maximum Gasteiger partial charge on any atom is 0.303 e. The van der Waals surface area contributed by atoms with Gasteiger partial charge in [-0.3, -0.25) is 19.5 Å². The Labute approximate surface area is 160 Å². The first kappa shape index (κ1) is 18.3. The Kier molecular flexibility index (Phi) is 5.80. The quantitative estimate of drug-likeness (QED) is 0.603. The number of amides is 1. The summed E-state index contributed by atoms with van der Waals surface area (Å²) < 4.78 is 0.469. The van der Waals surface area contributed by atoms with Gasteiger partial charge < -0.3 is 5.11 Å². The fourth-order valence-corrected chi connectivity index (χ4v) is 3.82. The number of carbonyl (C=O) groups excluding carboxylic acids is 1. The molecule has 0 spiro atoms. The third-order valence-corrected chi connectivity index (χ3v) is 5.19. The molecule has 2 aromatic rings. The molecular formula is C19H16N2O3S2. The van der Waals surface area contributed by atoms with E-state index in [0.717, 1.165) is 16.8 Å². The Bertz CT molecular complexity index is 864. The summed E-state index contributed by atoms with van der Waals surface area (Å²) in [7, 11) is 0. The van der Waals surface area contributed by atoms with Crippen molar-refractivity contribution in [2.45, 2.75) is 12.8 Å². The first-order valence-corrected chi connectivity index (χ1v) is 9.26. The molecule has 5 nitrogen and oxygen atoms in total. The van der Waals surface area contributed by atoms with Crippen LogP contribution < -0.4 is 0 Å². The van der Waals surface area contributed by atoms with Crippen molar-refractivity contribution in [3.63, 3.8) is 0 Å². The van der Waals surface area contributed by atoms with Crippen molar-refractivity contribution in [2.24, 2.45) is 0 Å². The number of carbonyl (C=O) groups is 2. The van der Waals surface area contributed by atoms with Gasteiger partial charge in [0, 0.05) is 24.7 Å². The second kappa shape index (κ2) is 8.25. The van der Waals surface area contributed by atoms with E-state index in [9.17, 15) is 9.59 Å². The third kappa shape index (κ3) is 4.36. The van der Waals surface area contributed by atoms with E-state index >= 15 is 0 Å². The van der Waals surface area contributed by atoms with E-state index in [1.54, 1.807) is 12.3 Å². The van der Waals surface area contributed by atoms with Crippen LogP contribution in [0.15, 0.2) is 53.6 Å². The average molecular weight is 384 g/mol. The number of carboxylic acids is 1. The number of hydrogen-bond acceptors (Lipinski definition) is 5. The molecule has 0 radical (unpaired) electrons. The molecule has 0 unspecified atom stereocenters. The number of hydrogen-bond donors (Lipinski definition) is 1. The third-order valence-electron chi connectivity index (χ3n) is 3.82. The lowest BCUT2D eigenvalue weighted by Crippen LogP contribution is -2.29. The van der Waals surface area contributed by atoms with Gasteiger partial charge in [-0.1, -0.05) is 54.3 Å². The molecule has 0 aliphatic carbocycles. The van der Waals surface area contributed by atoms with Gasteiger partial charge in [0.1, 0.15) is 4.32 Å². The number of carboxylic acid groups (broad SMARTS) is 1. The highest BCUT2D eigenvalue weighted by Crippen LogP contribution is 2.33. The predicted octanol–water partition coefficient (Wildman–Crippen LogP) is 3.81. The molecular weight excluding hydrogens is 368 g/mol. The zero-order valence-corrected chi connectivity index (χ0v) is 15.4. The molecule has 132 valence electrons. The van der Waals surface area contributed by atoms with E-state index in [1.807, 2.05) is 42.5 Å². The molecule has 0 bridgehead atoms. The molecule has 2 heterocycles. The zero-order chi connectivity index (χ0) is 18.5. The highest BCUT2D eigenvalue weighted by Gasteiger charge is 2.31. The molecule has 3 rings (SSSR count). The number of nitrogens with zero attached hydrogens (tertiary/aromatic N) is 2. The molecule has 1 aliphatic heterocycles. The predicted molar refractivity (Wildman–Crippen MR) is 106 cm³/mol. The molecule has 1 saturated heterocycles. The minimum atomic E-state index is -0.876. The molecule has 1 aliphatic rings. The Hall–Kier alpha value is -2.51. The Balaban J connectivity index is 1.71. The number of rotatable bonds is 6. The second-order valence-corrected chi connectivity index (χ2v) is 7.34. The van der Waals surface area contributed by atoms with Crippen molar-refractivity contribution in [1.82, 2.24) is 9.88 Å². The van der Waals surface area contributed by atoms with E-state index in [2.05, 4.69) is 4.98 Å². The smallest absolute Gasteiger partial charge is 0.303 e. The molecule has 1 fully saturated rings. The van der Waals surface area contributed by atoms with Crippen molar-refractivity contribution >= 4 is 46.3 Å². The highest BCUT2D eigenvalue weighted by atomic mass is 32.2. The summed E-state index contributed by atoms with van der Waals surface area (Å²) >= 11 is 6.49. The maximum atomic E-state index is 12.5. The highest BCUT2D eigenvalue weighted by molar-refractivity contribution is 8.26.